The molecule has 0 aromatic carbocycles. The van der Waals surface area contributed by atoms with Crippen molar-refractivity contribution in [3.63, 3.8) is 0 Å². The normalized spacial score (nSPS) is 23.8. The van der Waals surface area contributed by atoms with Gasteiger partial charge in [0, 0.05) is 13.1 Å². The van der Waals surface area contributed by atoms with Gasteiger partial charge in [-0.25, -0.2) is 0 Å². The van der Waals surface area contributed by atoms with Crippen LogP contribution in [0.4, 0.5) is 0 Å². The van der Waals surface area contributed by atoms with E-state index in [2.05, 4.69) is 0 Å². The van der Waals surface area contributed by atoms with Crippen LogP contribution in [0.15, 0.2) is 0 Å². The van der Waals surface area contributed by atoms with Gasteiger partial charge in [-0.3, -0.25) is 10.2 Å². The molecule has 0 radical (unpaired) electrons. The lowest BCUT2D eigenvalue weighted by Gasteiger charge is -2.30. The summed E-state index contributed by atoms with van der Waals surface area (Å²) < 4.78 is 0. The summed E-state index contributed by atoms with van der Waals surface area (Å²) in [6.45, 7) is 1.26. The lowest BCUT2D eigenvalue weighted by Crippen LogP contribution is -2.44. The molecule has 5 heteroatoms. The molecule has 1 heterocycles. The van der Waals surface area contributed by atoms with Crippen molar-refractivity contribution in [3.05, 3.63) is 0 Å². The van der Waals surface area contributed by atoms with Gasteiger partial charge in [0.15, 0.2) is 5.96 Å². The number of likely N-dealkylation sites (tertiary alicyclic amines) is 1. The van der Waals surface area contributed by atoms with Crippen molar-refractivity contribution in [3.8, 4) is 0 Å². The average Bonchev–Trinajstić information content (AvgIpc) is 2.04. The first-order valence-electron chi connectivity index (χ1n) is 3.89. The number of hydrogen-bond acceptors (Lipinski definition) is 2. The minimum absolute atomic E-state index is 0.0256. The van der Waals surface area contributed by atoms with Crippen molar-refractivity contribution in [2.75, 3.05) is 13.1 Å². The van der Waals surface area contributed by atoms with E-state index in [0.29, 0.717) is 6.54 Å². The van der Waals surface area contributed by atoms with Crippen LogP contribution in [0.2, 0.25) is 0 Å². The molecule has 1 rings (SSSR count). The highest BCUT2D eigenvalue weighted by atomic mass is 35.5. The zero-order valence-electron chi connectivity index (χ0n) is 6.72. The van der Waals surface area contributed by atoms with Crippen molar-refractivity contribution >= 4 is 22.8 Å². The quantitative estimate of drug-likeness (QED) is 0.356. The second-order valence-corrected chi connectivity index (χ2v) is 3.35. The number of rotatable bonds is 1. The van der Waals surface area contributed by atoms with Crippen LogP contribution in [0.5, 0.6) is 0 Å². The average molecular weight is 190 g/mol. The Labute approximate surface area is 76.2 Å². The zero-order chi connectivity index (χ0) is 9.14. The van der Waals surface area contributed by atoms with Gasteiger partial charge in [-0.05, 0) is 24.4 Å². The van der Waals surface area contributed by atoms with Gasteiger partial charge in [0.25, 0.3) is 0 Å². The molecule has 0 bridgehead atoms. The smallest absolute Gasteiger partial charge is 0.226 e. The molecule has 0 aliphatic carbocycles. The lowest BCUT2D eigenvalue weighted by atomic mass is 10.00. The van der Waals surface area contributed by atoms with Gasteiger partial charge in [0.1, 0.15) is 0 Å². The number of carbonyl (C=O) groups is 1. The van der Waals surface area contributed by atoms with Crippen molar-refractivity contribution in [1.29, 1.82) is 5.41 Å². The fourth-order valence-corrected chi connectivity index (χ4v) is 1.56. The van der Waals surface area contributed by atoms with E-state index in [0.717, 1.165) is 19.4 Å². The predicted molar refractivity (Wildman–Crippen MR) is 47.1 cm³/mol. The molecule has 0 amide bonds. The maximum atomic E-state index is 10.8. The lowest BCUT2D eigenvalue weighted by molar-refractivity contribution is -0.116. The molecule has 0 aromatic rings. The Morgan fingerprint density at radius 1 is 1.67 bits per heavy atom. The molecule has 4 nitrogen and oxygen atoms in total. The number of nitrogens with two attached hydrogens (primary N) is 1. The van der Waals surface area contributed by atoms with E-state index in [1.165, 1.54) is 0 Å². The number of carbonyl (C=O) groups excluding carboxylic acids is 1. The van der Waals surface area contributed by atoms with Crippen molar-refractivity contribution in [2.45, 2.75) is 12.8 Å². The number of guanidine groups is 1. The number of piperidine rings is 1. The van der Waals surface area contributed by atoms with Gasteiger partial charge in [-0.15, -0.1) is 0 Å². The van der Waals surface area contributed by atoms with Crippen molar-refractivity contribution < 1.29 is 4.79 Å². The molecular weight excluding hydrogens is 178 g/mol. The predicted octanol–water partition coefficient (Wildman–Crippen LogP) is 0.357. The summed E-state index contributed by atoms with van der Waals surface area (Å²) in [7, 11) is 0. The van der Waals surface area contributed by atoms with E-state index in [1.54, 1.807) is 4.90 Å². The Morgan fingerprint density at radius 3 is 2.83 bits per heavy atom. The van der Waals surface area contributed by atoms with Crippen LogP contribution < -0.4 is 5.73 Å². The first kappa shape index (κ1) is 9.32. The maximum Gasteiger partial charge on any atom is 0.226 e. The molecule has 1 unspecified atom stereocenters. The highest BCUT2D eigenvalue weighted by molar-refractivity contribution is 6.64. The van der Waals surface area contributed by atoms with Crippen LogP contribution in [0.25, 0.3) is 0 Å². The summed E-state index contributed by atoms with van der Waals surface area (Å²) in [5.41, 5.74) is 5.28. The van der Waals surface area contributed by atoms with Crippen LogP contribution >= 0.6 is 11.6 Å². The standard InChI is InChI=1S/C7H12ClN3O/c8-6(12)5-2-1-3-11(4-5)7(9)10/h5H,1-4H2,(H3,9,10). The Bertz CT molecular complexity index is 187. The molecule has 3 N–H and O–H groups in total. The summed E-state index contributed by atoms with van der Waals surface area (Å²) in [5.74, 6) is -0.123. The van der Waals surface area contributed by atoms with Gasteiger partial charge in [-0.2, -0.15) is 0 Å². The number of nitrogens with zero attached hydrogens (tertiary/aromatic N) is 1. The molecule has 0 aromatic heterocycles. The second-order valence-electron chi connectivity index (χ2n) is 2.97. The summed E-state index contributed by atoms with van der Waals surface area (Å²) in [5, 5.41) is 6.85. The fourth-order valence-electron chi connectivity index (χ4n) is 1.38. The minimum Gasteiger partial charge on any atom is -0.370 e. The summed E-state index contributed by atoms with van der Waals surface area (Å²) in [6.07, 6.45) is 1.69. The van der Waals surface area contributed by atoms with Crippen molar-refractivity contribution in [1.82, 2.24) is 4.90 Å². The van der Waals surface area contributed by atoms with Gasteiger partial charge >= 0.3 is 0 Å². The van der Waals surface area contributed by atoms with Crippen LogP contribution in [-0.2, 0) is 4.79 Å². The first-order chi connectivity index (χ1) is 5.61. The fraction of sp³-hybridized carbons (Fsp3) is 0.714. The molecule has 0 saturated carbocycles. The Morgan fingerprint density at radius 2 is 2.33 bits per heavy atom. The highest BCUT2D eigenvalue weighted by Crippen LogP contribution is 2.17. The molecule has 1 saturated heterocycles. The molecule has 1 fully saturated rings. The third-order valence-corrected chi connectivity index (χ3v) is 2.39. The van der Waals surface area contributed by atoms with E-state index < -0.39 is 0 Å². The number of halogens is 1. The molecule has 0 spiro atoms. The van der Waals surface area contributed by atoms with E-state index in [1.807, 2.05) is 0 Å². The molecule has 68 valence electrons. The third kappa shape index (κ3) is 2.11. The monoisotopic (exact) mass is 189 g/mol. The van der Waals surface area contributed by atoms with Crippen LogP contribution in [0.3, 0.4) is 0 Å². The van der Waals surface area contributed by atoms with Crippen molar-refractivity contribution in [2.24, 2.45) is 11.7 Å². The zero-order valence-corrected chi connectivity index (χ0v) is 7.47. The first-order valence-corrected chi connectivity index (χ1v) is 4.27. The number of hydrogen-bond donors (Lipinski definition) is 2. The van der Waals surface area contributed by atoms with E-state index in [4.69, 9.17) is 22.7 Å². The van der Waals surface area contributed by atoms with Gasteiger partial charge in [0.2, 0.25) is 5.24 Å². The molecule has 1 atom stereocenters. The molecular formula is C7H12ClN3O. The Balaban J connectivity index is 2.51. The molecule has 1 aliphatic heterocycles. The Hall–Kier alpha value is -0.770. The van der Waals surface area contributed by atoms with E-state index in [9.17, 15) is 4.79 Å². The SMILES string of the molecule is N=C(N)N1CCCC(C(=O)Cl)C1. The Kier molecular flexibility index (Phi) is 2.92. The summed E-state index contributed by atoms with van der Waals surface area (Å²) in [4.78, 5) is 12.5. The van der Waals surface area contributed by atoms with Crippen LogP contribution in [0.1, 0.15) is 12.8 Å². The summed E-state index contributed by atoms with van der Waals surface area (Å²) >= 11 is 5.35. The third-order valence-electron chi connectivity index (χ3n) is 2.08. The number of nitrogens with one attached hydrogen (secondary N) is 1. The van der Waals surface area contributed by atoms with Crippen LogP contribution in [-0.4, -0.2) is 29.2 Å². The van der Waals surface area contributed by atoms with E-state index >= 15 is 0 Å². The largest absolute Gasteiger partial charge is 0.370 e. The second kappa shape index (κ2) is 3.76. The van der Waals surface area contributed by atoms with Gasteiger partial charge in [0.05, 0.1) is 5.92 Å². The van der Waals surface area contributed by atoms with Gasteiger partial charge in [-0.1, -0.05) is 0 Å². The topological polar surface area (TPSA) is 70.2 Å². The van der Waals surface area contributed by atoms with E-state index in [-0.39, 0.29) is 17.1 Å². The minimum atomic E-state index is -0.319. The molecule has 1 aliphatic rings. The van der Waals surface area contributed by atoms with Gasteiger partial charge < -0.3 is 10.6 Å². The molecule has 12 heavy (non-hydrogen) atoms. The highest BCUT2D eigenvalue weighted by Gasteiger charge is 2.24. The summed E-state index contributed by atoms with van der Waals surface area (Å²) in [6, 6.07) is 0. The van der Waals surface area contributed by atoms with Crippen LogP contribution in [0, 0.1) is 11.3 Å². The maximum absolute atomic E-state index is 10.8.